The van der Waals surface area contributed by atoms with E-state index in [-0.39, 0.29) is 0 Å². The molecule has 3 rings (SSSR count). The fourth-order valence-electron chi connectivity index (χ4n) is 2.36. The number of ether oxygens (including phenoxy) is 2. The van der Waals surface area contributed by atoms with Gasteiger partial charge in [-0.2, -0.15) is 0 Å². The molecular formula is C25H22O2. The molecule has 0 bridgehead atoms. The Bertz CT molecular complexity index is 985. The molecule has 0 aliphatic heterocycles. The Hall–Kier alpha value is -3.62. The number of hydrogen-bond donors (Lipinski definition) is 0. The summed E-state index contributed by atoms with van der Waals surface area (Å²) in [6, 6.07) is 23.4. The Morgan fingerprint density at radius 3 is 1.59 bits per heavy atom. The second-order valence-corrected chi connectivity index (χ2v) is 5.61. The van der Waals surface area contributed by atoms with Gasteiger partial charge in [-0.3, -0.25) is 0 Å². The van der Waals surface area contributed by atoms with Crippen molar-refractivity contribution in [3.8, 4) is 35.7 Å². The first-order valence-electron chi connectivity index (χ1n) is 8.50. The van der Waals surface area contributed by atoms with E-state index in [1.807, 2.05) is 66.7 Å². The molecule has 0 spiro atoms. The predicted molar refractivity (Wildman–Crippen MR) is 111 cm³/mol. The molecule has 0 aliphatic rings. The highest BCUT2D eigenvalue weighted by atomic mass is 16.5. The number of para-hydroxylation sites is 2. The SMILES string of the molecule is C#Cc1ccccc1OC.COc1ccccc1C#Cc1ccccc1C. The van der Waals surface area contributed by atoms with E-state index in [0.29, 0.717) is 0 Å². The van der Waals surface area contributed by atoms with E-state index in [9.17, 15) is 0 Å². The molecule has 134 valence electrons. The van der Waals surface area contributed by atoms with Crippen LogP contribution >= 0.6 is 0 Å². The second kappa shape index (κ2) is 10.4. The summed E-state index contributed by atoms with van der Waals surface area (Å²) in [5.74, 6) is 10.4. The van der Waals surface area contributed by atoms with Crippen LogP contribution in [-0.2, 0) is 0 Å². The largest absolute Gasteiger partial charge is 0.495 e. The molecule has 27 heavy (non-hydrogen) atoms. The molecule has 0 saturated carbocycles. The Labute approximate surface area is 161 Å². The van der Waals surface area contributed by atoms with E-state index in [2.05, 4.69) is 30.8 Å². The highest BCUT2D eigenvalue weighted by molar-refractivity contribution is 5.51. The Balaban J connectivity index is 0.000000223. The standard InChI is InChI=1S/C16H14O.C9H8O/c1-13-7-3-4-8-14(13)11-12-15-9-5-6-10-16(15)17-2;1-3-8-6-4-5-7-9(8)10-2/h3-10H,1-2H3;1,4-7H,2H3. The van der Waals surface area contributed by atoms with Crippen LogP contribution in [0.25, 0.3) is 0 Å². The van der Waals surface area contributed by atoms with Crippen LogP contribution in [0.3, 0.4) is 0 Å². The minimum absolute atomic E-state index is 0.755. The first-order valence-corrected chi connectivity index (χ1v) is 8.50. The number of aryl methyl sites for hydroxylation is 1. The van der Waals surface area contributed by atoms with Crippen molar-refractivity contribution in [2.45, 2.75) is 6.92 Å². The van der Waals surface area contributed by atoms with Gasteiger partial charge >= 0.3 is 0 Å². The lowest BCUT2D eigenvalue weighted by molar-refractivity contribution is 0.413. The van der Waals surface area contributed by atoms with Crippen molar-refractivity contribution < 1.29 is 9.47 Å². The van der Waals surface area contributed by atoms with Crippen LogP contribution < -0.4 is 9.47 Å². The predicted octanol–water partition coefficient (Wildman–Crippen LogP) is 5.08. The van der Waals surface area contributed by atoms with Crippen molar-refractivity contribution >= 4 is 0 Å². The molecule has 3 aromatic rings. The first kappa shape index (κ1) is 19.7. The van der Waals surface area contributed by atoms with E-state index in [4.69, 9.17) is 15.9 Å². The van der Waals surface area contributed by atoms with Gasteiger partial charge in [-0.15, -0.1) is 6.42 Å². The summed E-state index contributed by atoms with van der Waals surface area (Å²) in [6.07, 6.45) is 5.20. The molecular weight excluding hydrogens is 332 g/mol. The monoisotopic (exact) mass is 354 g/mol. The maximum atomic E-state index is 5.26. The maximum absolute atomic E-state index is 5.26. The van der Waals surface area contributed by atoms with Gasteiger partial charge in [-0.25, -0.2) is 0 Å². The molecule has 0 fully saturated rings. The number of hydrogen-bond acceptors (Lipinski definition) is 2. The third-order valence-electron chi connectivity index (χ3n) is 3.85. The quantitative estimate of drug-likeness (QED) is 0.598. The fourth-order valence-corrected chi connectivity index (χ4v) is 2.36. The lowest BCUT2D eigenvalue weighted by atomic mass is 10.1. The summed E-state index contributed by atoms with van der Waals surface area (Å²) in [4.78, 5) is 0. The molecule has 0 saturated heterocycles. The lowest BCUT2D eigenvalue weighted by Gasteiger charge is -2.01. The molecule has 0 aromatic heterocycles. The number of terminal acetylenes is 1. The third-order valence-corrected chi connectivity index (χ3v) is 3.85. The summed E-state index contributed by atoms with van der Waals surface area (Å²) in [5, 5.41) is 0. The van der Waals surface area contributed by atoms with E-state index < -0.39 is 0 Å². The van der Waals surface area contributed by atoms with Gasteiger partial charge in [0.25, 0.3) is 0 Å². The van der Waals surface area contributed by atoms with Gasteiger partial charge in [0.2, 0.25) is 0 Å². The summed E-state index contributed by atoms with van der Waals surface area (Å²) >= 11 is 0. The van der Waals surface area contributed by atoms with E-state index in [0.717, 1.165) is 28.2 Å². The molecule has 0 unspecified atom stereocenters. The molecule has 0 amide bonds. The molecule has 0 N–H and O–H groups in total. The van der Waals surface area contributed by atoms with Gasteiger partial charge in [0, 0.05) is 5.56 Å². The first-order chi connectivity index (χ1) is 13.2. The molecule has 0 aliphatic carbocycles. The highest BCUT2D eigenvalue weighted by Crippen LogP contribution is 2.16. The average molecular weight is 354 g/mol. The summed E-state index contributed by atoms with van der Waals surface area (Å²) in [7, 11) is 3.27. The molecule has 2 nitrogen and oxygen atoms in total. The average Bonchev–Trinajstić information content (AvgIpc) is 2.73. The Morgan fingerprint density at radius 1 is 0.630 bits per heavy atom. The van der Waals surface area contributed by atoms with Crippen molar-refractivity contribution in [1.82, 2.24) is 0 Å². The molecule has 0 atom stereocenters. The smallest absolute Gasteiger partial charge is 0.134 e. The zero-order valence-electron chi connectivity index (χ0n) is 15.8. The van der Waals surface area contributed by atoms with Crippen molar-refractivity contribution in [2.75, 3.05) is 14.2 Å². The Morgan fingerprint density at radius 2 is 1.07 bits per heavy atom. The van der Waals surface area contributed by atoms with Crippen molar-refractivity contribution in [3.05, 3.63) is 95.1 Å². The Kier molecular flexibility index (Phi) is 7.58. The number of methoxy groups -OCH3 is 2. The highest BCUT2D eigenvalue weighted by Gasteiger charge is 1.97. The van der Waals surface area contributed by atoms with Crippen LogP contribution in [-0.4, -0.2) is 14.2 Å². The molecule has 3 aromatic carbocycles. The minimum Gasteiger partial charge on any atom is -0.495 e. The van der Waals surface area contributed by atoms with E-state index >= 15 is 0 Å². The van der Waals surface area contributed by atoms with E-state index in [1.165, 1.54) is 5.56 Å². The van der Waals surface area contributed by atoms with Gasteiger partial charge in [0.05, 0.1) is 25.3 Å². The molecule has 0 heterocycles. The van der Waals surface area contributed by atoms with Crippen LogP contribution in [0.5, 0.6) is 11.5 Å². The molecule has 0 radical (unpaired) electrons. The second-order valence-electron chi connectivity index (χ2n) is 5.61. The summed E-state index contributed by atoms with van der Waals surface area (Å²) < 4.78 is 10.3. The lowest BCUT2D eigenvalue weighted by Crippen LogP contribution is -1.87. The van der Waals surface area contributed by atoms with Crippen LogP contribution in [0.1, 0.15) is 22.3 Å². The normalized spacial score (nSPS) is 8.96. The van der Waals surface area contributed by atoms with Crippen molar-refractivity contribution in [3.63, 3.8) is 0 Å². The van der Waals surface area contributed by atoms with Gasteiger partial charge in [-0.05, 0) is 42.8 Å². The molecule has 2 heteroatoms. The van der Waals surface area contributed by atoms with Crippen LogP contribution in [0.15, 0.2) is 72.8 Å². The summed E-state index contributed by atoms with van der Waals surface area (Å²) in [5.41, 5.74) is 3.96. The van der Waals surface area contributed by atoms with Gasteiger partial charge < -0.3 is 9.47 Å². The summed E-state index contributed by atoms with van der Waals surface area (Å²) in [6.45, 7) is 2.06. The van der Waals surface area contributed by atoms with Crippen molar-refractivity contribution in [1.29, 1.82) is 0 Å². The third kappa shape index (κ3) is 5.70. The topological polar surface area (TPSA) is 18.5 Å². The minimum atomic E-state index is 0.755. The van der Waals surface area contributed by atoms with Crippen LogP contribution in [0.2, 0.25) is 0 Å². The number of rotatable bonds is 2. The fraction of sp³-hybridized carbons (Fsp3) is 0.120. The van der Waals surface area contributed by atoms with Crippen LogP contribution in [0, 0.1) is 31.1 Å². The maximum Gasteiger partial charge on any atom is 0.134 e. The van der Waals surface area contributed by atoms with Crippen LogP contribution in [0.4, 0.5) is 0 Å². The number of benzene rings is 3. The van der Waals surface area contributed by atoms with Gasteiger partial charge in [-0.1, -0.05) is 60.2 Å². The van der Waals surface area contributed by atoms with Gasteiger partial charge in [0.1, 0.15) is 11.5 Å². The van der Waals surface area contributed by atoms with Gasteiger partial charge in [0.15, 0.2) is 0 Å². The zero-order valence-corrected chi connectivity index (χ0v) is 15.8. The van der Waals surface area contributed by atoms with Crippen molar-refractivity contribution in [2.24, 2.45) is 0 Å². The van der Waals surface area contributed by atoms with E-state index in [1.54, 1.807) is 14.2 Å². The zero-order chi connectivity index (χ0) is 19.5.